The number of carbonyl (C=O) groups is 2. The number of ether oxygens (including phenoxy) is 1. The predicted octanol–water partition coefficient (Wildman–Crippen LogP) is 2.80. The zero-order valence-corrected chi connectivity index (χ0v) is 16.3. The van der Waals surface area contributed by atoms with E-state index in [-0.39, 0.29) is 18.2 Å². The molecule has 1 atom stereocenters. The number of anilines is 1. The number of furan rings is 1. The summed E-state index contributed by atoms with van der Waals surface area (Å²) in [7, 11) is 1.57. The fourth-order valence-electron chi connectivity index (χ4n) is 3.00. The summed E-state index contributed by atoms with van der Waals surface area (Å²) < 4.78 is 10.5. The number of thiocarbonyl (C=S) groups is 1. The van der Waals surface area contributed by atoms with Crippen molar-refractivity contribution < 1.29 is 18.7 Å². The highest BCUT2D eigenvalue weighted by atomic mass is 32.1. The molecule has 0 saturated carbocycles. The molecule has 28 heavy (non-hydrogen) atoms. The first kappa shape index (κ1) is 19.6. The Morgan fingerprint density at radius 2 is 2.11 bits per heavy atom. The fourth-order valence-corrected chi connectivity index (χ4v) is 3.36. The van der Waals surface area contributed by atoms with Gasteiger partial charge in [-0.15, -0.1) is 6.58 Å². The van der Waals surface area contributed by atoms with Crippen molar-refractivity contribution in [1.82, 2.24) is 9.80 Å². The van der Waals surface area contributed by atoms with Crippen LogP contribution in [0.3, 0.4) is 0 Å². The maximum absolute atomic E-state index is 12.8. The van der Waals surface area contributed by atoms with Crippen LogP contribution in [0.5, 0.6) is 5.75 Å². The van der Waals surface area contributed by atoms with E-state index in [0.29, 0.717) is 35.4 Å². The highest BCUT2D eigenvalue weighted by Crippen LogP contribution is 2.24. The Labute approximate surface area is 168 Å². The van der Waals surface area contributed by atoms with Crippen LogP contribution in [-0.4, -0.2) is 46.4 Å². The highest BCUT2D eigenvalue weighted by molar-refractivity contribution is 7.80. The second-order valence-electron chi connectivity index (χ2n) is 6.22. The maximum atomic E-state index is 12.8. The van der Waals surface area contributed by atoms with Crippen molar-refractivity contribution in [3.05, 3.63) is 61.1 Å². The summed E-state index contributed by atoms with van der Waals surface area (Å²) in [5, 5.41) is 3.17. The Morgan fingerprint density at radius 1 is 1.36 bits per heavy atom. The highest BCUT2D eigenvalue weighted by Gasteiger charge is 2.43. The van der Waals surface area contributed by atoms with E-state index in [1.807, 2.05) is 0 Å². The molecule has 1 aliphatic heterocycles. The van der Waals surface area contributed by atoms with E-state index in [9.17, 15) is 9.59 Å². The molecule has 7 nitrogen and oxygen atoms in total. The number of amides is 2. The third-order valence-electron chi connectivity index (χ3n) is 4.37. The van der Waals surface area contributed by atoms with E-state index >= 15 is 0 Å². The van der Waals surface area contributed by atoms with Crippen LogP contribution in [0, 0.1) is 0 Å². The summed E-state index contributed by atoms with van der Waals surface area (Å²) in [6, 6.07) is 9.85. The molecular formula is C20H21N3O4S. The van der Waals surface area contributed by atoms with Gasteiger partial charge in [-0.05, 0) is 48.6 Å². The quantitative estimate of drug-likeness (QED) is 0.544. The number of rotatable bonds is 8. The van der Waals surface area contributed by atoms with Crippen molar-refractivity contribution in [3.63, 3.8) is 0 Å². The Balaban J connectivity index is 1.73. The Morgan fingerprint density at radius 3 is 2.71 bits per heavy atom. The van der Waals surface area contributed by atoms with E-state index < -0.39 is 6.04 Å². The van der Waals surface area contributed by atoms with Crippen LogP contribution in [0.25, 0.3) is 0 Å². The average Bonchev–Trinajstić information content (AvgIpc) is 3.28. The van der Waals surface area contributed by atoms with Gasteiger partial charge in [-0.25, -0.2) is 0 Å². The largest absolute Gasteiger partial charge is 0.497 e. The van der Waals surface area contributed by atoms with Gasteiger partial charge in [-0.3, -0.25) is 14.5 Å². The molecule has 2 heterocycles. The lowest BCUT2D eigenvalue weighted by molar-refractivity contribution is -0.130. The molecule has 0 radical (unpaired) electrons. The van der Waals surface area contributed by atoms with Gasteiger partial charge >= 0.3 is 0 Å². The second kappa shape index (κ2) is 8.71. The molecule has 1 aromatic heterocycles. The zero-order chi connectivity index (χ0) is 20.1. The summed E-state index contributed by atoms with van der Waals surface area (Å²) in [6.07, 6.45) is 3.14. The number of methoxy groups -OCH3 is 1. The van der Waals surface area contributed by atoms with Crippen molar-refractivity contribution in [2.24, 2.45) is 0 Å². The molecule has 1 aromatic carbocycles. The van der Waals surface area contributed by atoms with E-state index in [1.54, 1.807) is 60.7 Å². The number of hydrogen-bond acceptors (Lipinski definition) is 5. The van der Waals surface area contributed by atoms with Crippen molar-refractivity contribution in [3.8, 4) is 5.75 Å². The molecule has 0 aliphatic carbocycles. The van der Waals surface area contributed by atoms with Crippen LogP contribution in [0.1, 0.15) is 12.2 Å². The third kappa shape index (κ3) is 4.23. The summed E-state index contributed by atoms with van der Waals surface area (Å²) in [5.41, 5.74) is 0.624. The molecule has 2 amide bonds. The van der Waals surface area contributed by atoms with Crippen LogP contribution < -0.4 is 10.1 Å². The van der Waals surface area contributed by atoms with Crippen molar-refractivity contribution >= 4 is 34.8 Å². The lowest BCUT2D eigenvalue weighted by Crippen LogP contribution is -2.37. The van der Waals surface area contributed by atoms with Gasteiger partial charge in [0.15, 0.2) is 5.11 Å². The molecule has 8 heteroatoms. The van der Waals surface area contributed by atoms with Gasteiger partial charge < -0.3 is 19.4 Å². The minimum Gasteiger partial charge on any atom is -0.497 e. The molecular weight excluding hydrogens is 378 g/mol. The number of hydrogen-bond donors (Lipinski definition) is 1. The topological polar surface area (TPSA) is 75.0 Å². The SMILES string of the molecule is C=CCN1C(=O)[C@H](CC(=O)Nc2ccc(OC)cc2)N(Cc2ccco2)C1=S. The molecule has 1 N–H and O–H groups in total. The van der Waals surface area contributed by atoms with Crippen molar-refractivity contribution in [2.45, 2.75) is 19.0 Å². The first-order valence-corrected chi connectivity index (χ1v) is 9.13. The van der Waals surface area contributed by atoms with Gasteiger partial charge in [-0.1, -0.05) is 6.08 Å². The van der Waals surface area contributed by atoms with Crippen LogP contribution in [0.2, 0.25) is 0 Å². The molecule has 0 bridgehead atoms. The molecule has 3 rings (SSSR count). The molecule has 1 saturated heterocycles. The van der Waals surface area contributed by atoms with E-state index in [2.05, 4.69) is 11.9 Å². The lowest BCUT2D eigenvalue weighted by Gasteiger charge is -2.22. The van der Waals surface area contributed by atoms with Crippen LogP contribution in [0.15, 0.2) is 59.7 Å². The summed E-state index contributed by atoms with van der Waals surface area (Å²) in [4.78, 5) is 28.6. The number of nitrogens with zero attached hydrogens (tertiary/aromatic N) is 2. The van der Waals surface area contributed by atoms with E-state index in [0.717, 1.165) is 0 Å². The van der Waals surface area contributed by atoms with Crippen LogP contribution >= 0.6 is 12.2 Å². The number of carbonyl (C=O) groups excluding carboxylic acids is 2. The van der Waals surface area contributed by atoms with Gasteiger partial charge in [0.25, 0.3) is 5.91 Å². The Bertz CT molecular complexity index is 864. The monoisotopic (exact) mass is 399 g/mol. The molecule has 146 valence electrons. The predicted molar refractivity (Wildman–Crippen MR) is 109 cm³/mol. The van der Waals surface area contributed by atoms with Gasteiger partial charge in [0.05, 0.1) is 26.3 Å². The van der Waals surface area contributed by atoms with Gasteiger partial charge in [0.2, 0.25) is 5.91 Å². The minimum atomic E-state index is -0.698. The molecule has 2 aromatic rings. The van der Waals surface area contributed by atoms with Crippen LogP contribution in [-0.2, 0) is 16.1 Å². The summed E-state index contributed by atoms with van der Waals surface area (Å²) in [6.45, 7) is 4.28. The van der Waals surface area contributed by atoms with Gasteiger partial charge in [-0.2, -0.15) is 0 Å². The first-order valence-electron chi connectivity index (χ1n) is 8.72. The van der Waals surface area contributed by atoms with Gasteiger partial charge in [0.1, 0.15) is 17.6 Å². The number of nitrogens with one attached hydrogen (secondary N) is 1. The standard InChI is InChI=1S/C20H21N3O4S/c1-3-10-22-19(25)17(23(20(22)28)13-16-5-4-11-27-16)12-18(24)21-14-6-8-15(26-2)9-7-14/h3-9,11,17H,1,10,12-13H2,2H3,(H,21,24)/t17-/m0/s1. The van der Waals surface area contributed by atoms with Crippen LogP contribution in [0.4, 0.5) is 5.69 Å². The van der Waals surface area contributed by atoms with Crippen molar-refractivity contribution in [2.75, 3.05) is 19.0 Å². The molecule has 0 spiro atoms. The third-order valence-corrected chi connectivity index (χ3v) is 4.83. The maximum Gasteiger partial charge on any atom is 0.252 e. The summed E-state index contributed by atoms with van der Waals surface area (Å²) in [5.74, 6) is 0.854. The Hall–Kier alpha value is -3.13. The first-order chi connectivity index (χ1) is 13.5. The smallest absolute Gasteiger partial charge is 0.252 e. The van der Waals surface area contributed by atoms with Gasteiger partial charge in [0, 0.05) is 12.2 Å². The van der Waals surface area contributed by atoms with E-state index in [4.69, 9.17) is 21.4 Å². The van der Waals surface area contributed by atoms with E-state index in [1.165, 1.54) is 4.90 Å². The second-order valence-corrected chi connectivity index (χ2v) is 6.59. The molecule has 1 aliphatic rings. The lowest BCUT2D eigenvalue weighted by atomic mass is 10.1. The fraction of sp³-hybridized carbons (Fsp3) is 0.250. The Kier molecular flexibility index (Phi) is 6.10. The average molecular weight is 399 g/mol. The molecule has 0 unspecified atom stereocenters. The normalized spacial score (nSPS) is 16.4. The zero-order valence-electron chi connectivity index (χ0n) is 15.5. The van der Waals surface area contributed by atoms with Crippen molar-refractivity contribution in [1.29, 1.82) is 0 Å². The number of benzene rings is 1. The summed E-state index contributed by atoms with van der Waals surface area (Å²) >= 11 is 5.46. The minimum absolute atomic E-state index is 0.0284. The molecule has 1 fully saturated rings.